The Morgan fingerprint density at radius 3 is 2.57 bits per heavy atom. The number of nitrogens with zero attached hydrogens (tertiary/aromatic N) is 4. The zero-order chi connectivity index (χ0) is 29.9. The fraction of sp³-hybridized carbons (Fsp3) is 0.429. The van der Waals surface area contributed by atoms with E-state index in [2.05, 4.69) is 87.1 Å². The molecule has 1 aromatic carbocycles. The van der Waals surface area contributed by atoms with E-state index in [1.807, 2.05) is 6.08 Å². The summed E-state index contributed by atoms with van der Waals surface area (Å²) in [5.41, 5.74) is 9.26. The van der Waals surface area contributed by atoms with Gasteiger partial charge in [0.25, 0.3) is 0 Å². The van der Waals surface area contributed by atoms with Crippen LogP contribution in [0.15, 0.2) is 82.4 Å². The van der Waals surface area contributed by atoms with E-state index in [0.29, 0.717) is 29.3 Å². The molecule has 7 heteroatoms. The number of allylic oxidation sites excluding steroid dienone is 7. The Morgan fingerprint density at radius 1 is 1.02 bits per heavy atom. The second-order valence-electron chi connectivity index (χ2n) is 12.5. The molecule has 0 atom stereocenters. The van der Waals surface area contributed by atoms with Gasteiger partial charge in [-0.2, -0.15) is 9.78 Å². The number of rotatable bonds is 7. The molecule has 0 fully saturated rings. The van der Waals surface area contributed by atoms with Gasteiger partial charge in [0, 0.05) is 25.2 Å². The number of ether oxygens (including phenoxy) is 2. The molecule has 3 aliphatic rings. The molecule has 0 saturated carbocycles. The van der Waals surface area contributed by atoms with Crippen molar-refractivity contribution in [2.75, 3.05) is 20.2 Å². The Hall–Kier alpha value is -3.68. The Labute approximate surface area is 250 Å². The van der Waals surface area contributed by atoms with Gasteiger partial charge in [0.2, 0.25) is 5.88 Å². The largest absolute Gasteiger partial charge is 0.488 e. The third-order valence-corrected chi connectivity index (χ3v) is 8.00. The molecule has 0 amide bonds. The first-order valence-corrected chi connectivity index (χ1v) is 14.9. The van der Waals surface area contributed by atoms with Crippen LogP contribution in [0.4, 0.5) is 0 Å². The molecule has 0 radical (unpaired) electrons. The van der Waals surface area contributed by atoms with E-state index >= 15 is 0 Å². The molecule has 42 heavy (non-hydrogen) atoms. The van der Waals surface area contributed by atoms with Gasteiger partial charge in [-0.1, -0.05) is 63.3 Å². The molecular formula is C35H44N4O3. The Bertz CT molecular complexity index is 1510. The Balaban J connectivity index is 1.43. The SMILES string of the molecule is COc1c(CO)cnn1C1=NC(C2=C(OCc3ccc4c(c3C)CCN(CC(C)(C)C)C4)C(C)=CCC=C2)=CCC=C1. The van der Waals surface area contributed by atoms with E-state index in [1.54, 1.807) is 18.0 Å². The first-order chi connectivity index (χ1) is 20.2. The first kappa shape index (κ1) is 29.8. The summed E-state index contributed by atoms with van der Waals surface area (Å²) < 4.78 is 13.9. The van der Waals surface area contributed by atoms with Crippen molar-refractivity contribution in [3.63, 3.8) is 0 Å². The normalized spacial score (nSPS) is 17.7. The summed E-state index contributed by atoms with van der Waals surface area (Å²) in [5.74, 6) is 1.94. The highest BCUT2D eigenvalue weighted by molar-refractivity contribution is 5.96. The van der Waals surface area contributed by atoms with Gasteiger partial charge in [0.15, 0.2) is 5.84 Å². The minimum Gasteiger partial charge on any atom is -0.488 e. The summed E-state index contributed by atoms with van der Waals surface area (Å²) in [6.45, 7) is 14.8. The van der Waals surface area contributed by atoms with Gasteiger partial charge < -0.3 is 14.6 Å². The van der Waals surface area contributed by atoms with Crippen LogP contribution < -0.4 is 4.74 Å². The standard InChI is InChI=1S/C35H44N4O3/c1-24-11-7-8-12-30(31-13-9-10-14-32(37-31)39-34(41-6)28(21-40)19-36-39)33(24)42-22-27-16-15-26-20-38(23-35(3,4)5)18-17-29(26)25(27)2/h8,10-16,19,40H,7,9,17-18,20-23H2,1-6H3. The lowest BCUT2D eigenvalue weighted by Gasteiger charge is -2.34. The van der Waals surface area contributed by atoms with Crippen molar-refractivity contribution in [2.24, 2.45) is 10.4 Å². The van der Waals surface area contributed by atoms with Gasteiger partial charge in [-0.05, 0) is 72.4 Å². The average molecular weight is 569 g/mol. The zero-order valence-corrected chi connectivity index (χ0v) is 25.9. The molecule has 1 aromatic heterocycles. The number of aliphatic imine (C=N–C) groups is 1. The first-order valence-electron chi connectivity index (χ1n) is 14.9. The molecule has 5 rings (SSSR count). The summed E-state index contributed by atoms with van der Waals surface area (Å²) in [6, 6.07) is 4.55. The lowest BCUT2D eigenvalue weighted by molar-refractivity contribution is 0.176. The molecule has 1 N–H and O–H groups in total. The van der Waals surface area contributed by atoms with E-state index in [9.17, 15) is 5.11 Å². The lowest BCUT2D eigenvalue weighted by atomic mass is 9.90. The summed E-state index contributed by atoms with van der Waals surface area (Å²) >= 11 is 0. The predicted molar refractivity (Wildman–Crippen MR) is 168 cm³/mol. The zero-order valence-electron chi connectivity index (χ0n) is 25.9. The van der Waals surface area contributed by atoms with Crippen LogP contribution in [-0.4, -0.2) is 45.8 Å². The second-order valence-corrected chi connectivity index (χ2v) is 12.5. The van der Waals surface area contributed by atoms with Crippen LogP contribution >= 0.6 is 0 Å². The van der Waals surface area contributed by atoms with Crippen LogP contribution in [0.25, 0.3) is 0 Å². The number of aliphatic hydroxyl groups excluding tert-OH is 1. The molecule has 3 heterocycles. The summed E-state index contributed by atoms with van der Waals surface area (Å²) in [4.78, 5) is 7.60. The highest BCUT2D eigenvalue weighted by Crippen LogP contribution is 2.32. The number of hydrogen-bond acceptors (Lipinski definition) is 6. The van der Waals surface area contributed by atoms with Crippen molar-refractivity contribution < 1.29 is 14.6 Å². The van der Waals surface area contributed by atoms with Crippen molar-refractivity contribution >= 4 is 5.84 Å². The van der Waals surface area contributed by atoms with Crippen LogP contribution in [-0.2, 0) is 30.9 Å². The predicted octanol–water partition coefficient (Wildman–Crippen LogP) is 6.56. The van der Waals surface area contributed by atoms with Gasteiger partial charge in [-0.25, -0.2) is 4.99 Å². The summed E-state index contributed by atoms with van der Waals surface area (Å²) in [5, 5.41) is 14.2. The van der Waals surface area contributed by atoms with Gasteiger partial charge >= 0.3 is 0 Å². The highest BCUT2D eigenvalue weighted by atomic mass is 16.5. The number of aromatic nitrogens is 2. The molecule has 0 bridgehead atoms. The van der Waals surface area contributed by atoms with Gasteiger partial charge in [0.05, 0.1) is 31.2 Å². The molecule has 2 aliphatic heterocycles. The summed E-state index contributed by atoms with van der Waals surface area (Å²) in [7, 11) is 1.58. The van der Waals surface area contributed by atoms with Crippen LogP contribution in [0, 0.1) is 12.3 Å². The third-order valence-electron chi connectivity index (χ3n) is 8.00. The van der Waals surface area contributed by atoms with Crippen LogP contribution in [0.3, 0.4) is 0 Å². The molecule has 0 spiro atoms. The van der Waals surface area contributed by atoms with Gasteiger partial charge in [0.1, 0.15) is 12.4 Å². The maximum Gasteiger partial charge on any atom is 0.223 e. The highest BCUT2D eigenvalue weighted by Gasteiger charge is 2.24. The molecule has 7 nitrogen and oxygen atoms in total. The average Bonchev–Trinajstić information content (AvgIpc) is 3.09. The quantitative estimate of drug-likeness (QED) is 0.409. The summed E-state index contributed by atoms with van der Waals surface area (Å²) in [6.07, 6.45) is 16.8. The van der Waals surface area contributed by atoms with Gasteiger partial charge in [-0.15, -0.1) is 0 Å². The van der Waals surface area contributed by atoms with Crippen molar-refractivity contribution in [3.8, 4) is 5.88 Å². The molecule has 0 saturated heterocycles. The molecule has 222 valence electrons. The molecular weight excluding hydrogens is 524 g/mol. The topological polar surface area (TPSA) is 72.1 Å². The number of benzene rings is 1. The number of aliphatic hydroxyl groups is 1. The van der Waals surface area contributed by atoms with E-state index in [4.69, 9.17) is 14.5 Å². The van der Waals surface area contributed by atoms with E-state index in [-0.39, 0.29) is 6.61 Å². The maximum atomic E-state index is 9.71. The van der Waals surface area contributed by atoms with E-state index in [0.717, 1.165) is 61.5 Å². The second kappa shape index (κ2) is 12.7. The van der Waals surface area contributed by atoms with Crippen LogP contribution in [0.2, 0.25) is 0 Å². The van der Waals surface area contributed by atoms with Crippen LogP contribution in [0.5, 0.6) is 5.88 Å². The maximum absolute atomic E-state index is 9.71. The molecule has 1 aliphatic carbocycles. The minimum absolute atomic E-state index is 0.157. The number of hydrogen-bond donors (Lipinski definition) is 1. The van der Waals surface area contributed by atoms with Gasteiger partial charge in [-0.3, -0.25) is 4.90 Å². The smallest absolute Gasteiger partial charge is 0.223 e. The van der Waals surface area contributed by atoms with Crippen molar-refractivity contribution in [1.29, 1.82) is 0 Å². The monoisotopic (exact) mass is 568 g/mol. The third kappa shape index (κ3) is 6.53. The number of methoxy groups -OCH3 is 1. The van der Waals surface area contributed by atoms with Crippen molar-refractivity contribution in [2.45, 2.75) is 73.6 Å². The Morgan fingerprint density at radius 2 is 1.81 bits per heavy atom. The molecule has 2 aromatic rings. The Kier molecular flexibility index (Phi) is 8.99. The van der Waals surface area contributed by atoms with E-state index < -0.39 is 0 Å². The lowest BCUT2D eigenvalue weighted by Crippen LogP contribution is -2.37. The molecule has 0 unspecified atom stereocenters. The van der Waals surface area contributed by atoms with Crippen molar-refractivity contribution in [3.05, 3.63) is 105 Å². The fourth-order valence-electron chi connectivity index (χ4n) is 5.97. The van der Waals surface area contributed by atoms with Crippen LogP contribution in [0.1, 0.15) is 68.4 Å². The van der Waals surface area contributed by atoms with E-state index in [1.165, 1.54) is 22.3 Å². The van der Waals surface area contributed by atoms with Crippen molar-refractivity contribution in [1.82, 2.24) is 14.7 Å². The number of fused-ring (bicyclic) bond motifs is 1. The minimum atomic E-state index is -0.157. The fourth-order valence-corrected chi connectivity index (χ4v) is 5.97.